The van der Waals surface area contributed by atoms with Crippen LogP contribution in [0.25, 0.3) is 0 Å². The summed E-state index contributed by atoms with van der Waals surface area (Å²) in [7, 11) is 1.85. The fourth-order valence-electron chi connectivity index (χ4n) is 5.18. The van der Waals surface area contributed by atoms with Crippen LogP contribution < -0.4 is 5.73 Å². The Hall–Kier alpha value is -1.10. The van der Waals surface area contributed by atoms with Gasteiger partial charge in [-0.25, -0.2) is 0 Å². The first-order chi connectivity index (χ1) is 11.6. The van der Waals surface area contributed by atoms with E-state index in [2.05, 4.69) is 11.0 Å². The summed E-state index contributed by atoms with van der Waals surface area (Å²) >= 11 is 0. The van der Waals surface area contributed by atoms with E-state index in [-0.39, 0.29) is 23.9 Å². The van der Waals surface area contributed by atoms with Crippen LogP contribution in [0.15, 0.2) is 24.3 Å². The summed E-state index contributed by atoms with van der Waals surface area (Å²) in [5.41, 5.74) is 6.97. The predicted octanol–water partition coefficient (Wildman–Crippen LogP) is 3.19. The highest BCUT2D eigenvalue weighted by Gasteiger charge is 2.53. The van der Waals surface area contributed by atoms with Crippen molar-refractivity contribution in [2.75, 3.05) is 26.7 Å². The second kappa shape index (κ2) is 7.26. The number of nitrogens with zero attached hydrogens (tertiary/aromatic N) is 1. The molecule has 2 aliphatic carbocycles. The van der Waals surface area contributed by atoms with Gasteiger partial charge in [0, 0.05) is 44.1 Å². The fraction of sp³-hybridized carbons (Fsp3) is 0.650. The Balaban J connectivity index is 0.00000182. The maximum atomic E-state index is 11.6. The lowest BCUT2D eigenvalue weighted by Crippen LogP contribution is -2.59. The van der Waals surface area contributed by atoms with Crippen molar-refractivity contribution in [3.63, 3.8) is 0 Å². The van der Waals surface area contributed by atoms with Crippen LogP contribution in [0.4, 0.5) is 0 Å². The minimum atomic E-state index is -0.362. The smallest absolute Gasteiger partial charge is 0.248 e. The highest BCUT2D eigenvalue weighted by Crippen LogP contribution is 2.52. The molecule has 138 valence electrons. The lowest BCUT2D eigenvalue weighted by Gasteiger charge is -2.55. The van der Waals surface area contributed by atoms with Crippen LogP contribution in [0.5, 0.6) is 0 Å². The molecule has 2 N–H and O–H groups in total. The first-order valence-corrected chi connectivity index (χ1v) is 9.31. The number of nitrogens with two attached hydrogens (primary N) is 1. The normalized spacial score (nSPS) is 32.0. The van der Waals surface area contributed by atoms with Gasteiger partial charge in [0.05, 0.1) is 0 Å². The van der Waals surface area contributed by atoms with Gasteiger partial charge in [0.1, 0.15) is 5.60 Å². The summed E-state index contributed by atoms with van der Waals surface area (Å²) in [6.45, 7) is 3.48. The van der Waals surface area contributed by atoms with Gasteiger partial charge in [-0.05, 0) is 49.3 Å². The van der Waals surface area contributed by atoms with Gasteiger partial charge in [-0.15, -0.1) is 12.4 Å². The molecule has 2 saturated carbocycles. The van der Waals surface area contributed by atoms with E-state index >= 15 is 0 Å². The summed E-state index contributed by atoms with van der Waals surface area (Å²) in [6.07, 6.45) is 6.50. The molecule has 3 fully saturated rings. The third kappa shape index (κ3) is 3.32. The summed E-state index contributed by atoms with van der Waals surface area (Å²) < 4.78 is 6.26. The second-order valence-electron chi connectivity index (χ2n) is 7.93. The number of piperidine rings is 1. The van der Waals surface area contributed by atoms with Gasteiger partial charge in [-0.1, -0.05) is 18.6 Å². The molecule has 1 aromatic carbocycles. The number of likely N-dealkylation sites (tertiary alicyclic amines) is 1. The molecule has 0 unspecified atom stereocenters. The number of amides is 1. The van der Waals surface area contributed by atoms with Crippen molar-refractivity contribution in [3.8, 4) is 0 Å². The summed E-state index contributed by atoms with van der Waals surface area (Å²) in [4.78, 5) is 14.3. The van der Waals surface area contributed by atoms with E-state index < -0.39 is 0 Å². The van der Waals surface area contributed by atoms with Gasteiger partial charge in [-0.2, -0.15) is 0 Å². The first-order valence-electron chi connectivity index (χ1n) is 9.31. The van der Waals surface area contributed by atoms with E-state index in [1.165, 1.54) is 38.6 Å². The number of ether oxygens (including phenoxy) is 1. The van der Waals surface area contributed by atoms with Crippen LogP contribution in [0.1, 0.15) is 48.0 Å². The maximum Gasteiger partial charge on any atom is 0.248 e. The number of carbonyl (C=O) groups is 1. The minimum absolute atomic E-state index is 0. The van der Waals surface area contributed by atoms with Gasteiger partial charge < -0.3 is 15.4 Å². The Morgan fingerprint density at radius 1 is 1.24 bits per heavy atom. The predicted molar refractivity (Wildman–Crippen MR) is 101 cm³/mol. The standard InChI is InChI=1S/C20H28N2O2.ClH/c1-24-20(16-5-2-4-15(10-16)19(21)23)17-6-3-7-18(20)13-22(12-17)11-14-8-9-14;/h2,4-5,10,14,17-18H,3,6-9,11-13H2,1H3,(H2,21,23);1H/t17-,18+,20-;. The number of hydrogen-bond donors (Lipinski definition) is 1. The highest BCUT2D eigenvalue weighted by molar-refractivity contribution is 5.92. The number of rotatable bonds is 5. The molecule has 0 radical (unpaired) electrons. The number of hydrogen-bond acceptors (Lipinski definition) is 3. The Morgan fingerprint density at radius 3 is 2.48 bits per heavy atom. The van der Waals surface area contributed by atoms with Crippen LogP contribution in [-0.2, 0) is 10.3 Å². The van der Waals surface area contributed by atoms with Crippen molar-refractivity contribution < 1.29 is 9.53 Å². The Kier molecular flexibility index (Phi) is 5.42. The van der Waals surface area contributed by atoms with Crippen LogP contribution in [-0.4, -0.2) is 37.6 Å². The number of fused-ring (bicyclic) bond motifs is 2. The Morgan fingerprint density at radius 2 is 1.92 bits per heavy atom. The molecule has 0 spiro atoms. The molecule has 1 aliphatic heterocycles. The summed E-state index contributed by atoms with van der Waals surface area (Å²) in [5, 5.41) is 0. The van der Waals surface area contributed by atoms with E-state index in [1.54, 1.807) is 6.07 Å². The van der Waals surface area contributed by atoms with Crippen LogP contribution in [0, 0.1) is 17.8 Å². The minimum Gasteiger partial charge on any atom is -0.373 e. The van der Waals surface area contributed by atoms with Crippen molar-refractivity contribution in [2.45, 2.75) is 37.7 Å². The molecule has 1 heterocycles. The number of halogens is 1. The molecule has 1 aromatic rings. The van der Waals surface area contributed by atoms with E-state index in [9.17, 15) is 4.79 Å². The lowest BCUT2D eigenvalue weighted by molar-refractivity contribution is -0.169. The van der Waals surface area contributed by atoms with E-state index in [0.717, 1.165) is 24.6 Å². The molecule has 1 saturated heterocycles. The molecule has 3 atom stereocenters. The zero-order chi connectivity index (χ0) is 16.7. The van der Waals surface area contributed by atoms with E-state index in [1.807, 2.05) is 19.2 Å². The number of methoxy groups -OCH3 is 1. The molecule has 4 nitrogen and oxygen atoms in total. The van der Waals surface area contributed by atoms with E-state index in [4.69, 9.17) is 10.5 Å². The Bertz CT molecular complexity index is 618. The van der Waals surface area contributed by atoms with E-state index in [0.29, 0.717) is 17.4 Å². The van der Waals surface area contributed by atoms with Crippen molar-refractivity contribution in [1.29, 1.82) is 0 Å². The van der Waals surface area contributed by atoms with Gasteiger partial charge >= 0.3 is 0 Å². The molecular formula is C20H29ClN2O2. The molecule has 4 rings (SSSR count). The highest BCUT2D eigenvalue weighted by atomic mass is 35.5. The van der Waals surface area contributed by atoms with Crippen molar-refractivity contribution in [2.24, 2.45) is 23.5 Å². The number of carbonyl (C=O) groups excluding carboxylic acids is 1. The van der Waals surface area contributed by atoms with Gasteiger partial charge in [0.25, 0.3) is 0 Å². The van der Waals surface area contributed by atoms with Crippen molar-refractivity contribution in [3.05, 3.63) is 35.4 Å². The quantitative estimate of drug-likeness (QED) is 0.872. The van der Waals surface area contributed by atoms with Crippen LogP contribution in [0.2, 0.25) is 0 Å². The lowest BCUT2D eigenvalue weighted by atomic mass is 9.62. The first kappa shape index (κ1) is 18.7. The average molecular weight is 365 g/mol. The monoisotopic (exact) mass is 364 g/mol. The maximum absolute atomic E-state index is 11.6. The Labute approximate surface area is 156 Å². The molecule has 1 amide bonds. The average Bonchev–Trinajstić information content (AvgIpc) is 3.38. The fourth-order valence-corrected chi connectivity index (χ4v) is 5.18. The molecule has 3 aliphatic rings. The third-order valence-electron chi connectivity index (χ3n) is 6.42. The molecule has 5 heteroatoms. The van der Waals surface area contributed by atoms with Gasteiger partial charge in [0.15, 0.2) is 0 Å². The van der Waals surface area contributed by atoms with Crippen molar-refractivity contribution in [1.82, 2.24) is 4.90 Å². The third-order valence-corrected chi connectivity index (χ3v) is 6.42. The largest absolute Gasteiger partial charge is 0.373 e. The molecule has 0 aromatic heterocycles. The summed E-state index contributed by atoms with van der Waals surface area (Å²) in [5.74, 6) is 1.56. The van der Waals surface area contributed by atoms with Gasteiger partial charge in [0.2, 0.25) is 5.91 Å². The molecule has 2 bridgehead atoms. The molecular weight excluding hydrogens is 336 g/mol. The SMILES string of the molecule is CO[C@]1(c2cccc(C(N)=O)c2)[C@@H]2CCC[C@H]1CN(CC1CC1)C2.Cl. The van der Waals surface area contributed by atoms with Crippen LogP contribution >= 0.6 is 12.4 Å². The number of benzene rings is 1. The zero-order valence-corrected chi connectivity index (χ0v) is 15.8. The molecule has 25 heavy (non-hydrogen) atoms. The summed E-state index contributed by atoms with van der Waals surface area (Å²) in [6, 6.07) is 7.83. The van der Waals surface area contributed by atoms with Gasteiger partial charge in [-0.3, -0.25) is 4.79 Å². The van der Waals surface area contributed by atoms with Crippen LogP contribution in [0.3, 0.4) is 0 Å². The number of primary amides is 1. The zero-order valence-electron chi connectivity index (χ0n) is 14.9. The second-order valence-corrected chi connectivity index (χ2v) is 7.93. The topological polar surface area (TPSA) is 55.6 Å². The van der Waals surface area contributed by atoms with Crippen molar-refractivity contribution >= 4 is 18.3 Å².